The van der Waals surface area contributed by atoms with Gasteiger partial charge in [-0.05, 0) is 0 Å². The van der Waals surface area contributed by atoms with Crippen molar-refractivity contribution in [2.45, 2.75) is 24.6 Å². The van der Waals surface area contributed by atoms with E-state index in [2.05, 4.69) is 15.0 Å². The number of H-pyrrole nitrogens is 1. The Hall–Kier alpha value is -1.62. The standard InChI is InChI=1S/C10H12FN5O3S/c11-4-6(18)3(1-17)19-9(4)16-2-13-5-7(16)14-10(12)15-8(5)20/h2-4,6,9,17-18H,1H2,(H3,12,14,15,20). The number of nitrogens with two attached hydrogens (primary N) is 1. The maximum Gasteiger partial charge on any atom is 0.200 e. The first-order chi connectivity index (χ1) is 9.52. The van der Waals surface area contributed by atoms with Crippen molar-refractivity contribution in [2.75, 3.05) is 12.3 Å². The van der Waals surface area contributed by atoms with E-state index in [1.165, 1.54) is 10.9 Å². The summed E-state index contributed by atoms with van der Waals surface area (Å²) in [7, 11) is 0. The van der Waals surface area contributed by atoms with Gasteiger partial charge in [0.15, 0.2) is 23.0 Å². The van der Waals surface area contributed by atoms with Gasteiger partial charge in [0.05, 0.1) is 12.9 Å². The molecule has 0 amide bonds. The maximum atomic E-state index is 14.1. The highest BCUT2D eigenvalue weighted by Crippen LogP contribution is 2.33. The van der Waals surface area contributed by atoms with Crippen molar-refractivity contribution >= 4 is 29.3 Å². The van der Waals surface area contributed by atoms with Gasteiger partial charge in [-0.25, -0.2) is 14.4 Å². The fourth-order valence-electron chi connectivity index (χ4n) is 2.22. The second kappa shape index (κ2) is 4.74. The summed E-state index contributed by atoms with van der Waals surface area (Å²) in [5.74, 6) is 0.0666. The largest absolute Gasteiger partial charge is 0.394 e. The predicted octanol–water partition coefficient (Wildman–Crippen LogP) is -0.340. The van der Waals surface area contributed by atoms with Crippen molar-refractivity contribution in [3.05, 3.63) is 11.0 Å². The van der Waals surface area contributed by atoms with Gasteiger partial charge in [0.2, 0.25) is 0 Å². The Morgan fingerprint density at radius 3 is 3.00 bits per heavy atom. The molecule has 1 saturated heterocycles. The molecule has 3 rings (SSSR count). The summed E-state index contributed by atoms with van der Waals surface area (Å²) in [6.45, 7) is -0.482. The first-order valence-corrected chi connectivity index (χ1v) is 6.24. The number of rotatable bonds is 2. The van der Waals surface area contributed by atoms with E-state index in [-0.39, 0.29) is 10.6 Å². The summed E-state index contributed by atoms with van der Waals surface area (Å²) in [5.41, 5.74) is 6.27. The molecule has 0 bridgehead atoms. The molecule has 4 unspecified atom stereocenters. The van der Waals surface area contributed by atoms with Crippen molar-refractivity contribution in [1.29, 1.82) is 0 Å². The molecular weight excluding hydrogens is 289 g/mol. The molecular formula is C10H12FN5O3S. The fraction of sp³-hybridized carbons (Fsp3) is 0.500. The van der Waals surface area contributed by atoms with E-state index >= 15 is 0 Å². The third kappa shape index (κ3) is 1.88. The number of nitrogens with one attached hydrogen (secondary N) is 1. The highest BCUT2D eigenvalue weighted by atomic mass is 32.1. The number of imidazole rings is 1. The van der Waals surface area contributed by atoms with Gasteiger partial charge in [-0.2, -0.15) is 0 Å². The minimum absolute atomic E-state index is 0.0666. The molecule has 1 aliphatic rings. The molecule has 0 radical (unpaired) electrons. The predicted molar refractivity (Wildman–Crippen MR) is 69.0 cm³/mol. The average molecular weight is 301 g/mol. The van der Waals surface area contributed by atoms with Crippen molar-refractivity contribution in [2.24, 2.45) is 0 Å². The summed E-state index contributed by atoms with van der Waals surface area (Å²) in [6.07, 6.45) is -3.92. The summed E-state index contributed by atoms with van der Waals surface area (Å²) in [5, 5.41) is 18.7. The van der Waals surface area contributed by atoms with E-state index in [0.29, 0.717) is 11.2 Å². The zero-order chi connectivity index (χ0) is 14.4. The van der Waals surface area contributed by atoms with Crippen LogP contribution in [0.4, 0.5) is 10.3 Å². The zero-order valence-corrected chi connectivity index (χ0v) is 10.9. The lowest BCUT2D eigenvalue weighted by Crippen LogP contribution is -2.30. The van der Waals surface area contributed by atoms with E-state index in [0.717, 1.165) is 0 Å². The quantitative estimate of drug-likeness (QED) is 0.560. The van der Waals surface area contributed by atoms with E-state index in [9.17, 15) is 9.50 Å². The Morgan fingerprint density at radius 2 is 2.35 bits per heavy atom. The Kier molecular flexibility index (Phi) is 3.17. The average Bonchev–Trinajstić information content (AvgIpc) is 2.93. The number of nitrogen functional groups attached to an aromatic ring is 1. The number of nitrogens with zero attached hydrogens (tertiary/aromatic N) is 3. The van der Waals surface area contributed by atoms with Crippen molar-refractivity contribution in [1.82, 2.24) is 19.5 Å². The van der Waals surface area contributed by atoms with Crippen LogP contribution in [0.2, 0.25) is 0 Å². The highest BCUT2D eigenvalue weighted by molar-refractivity contribution is 7.71. The molecule has 1 aliphatic heterocycles. The van der Waals surface area contributed by atoms with Gasteiger partial charge in [0.25, 0.3) is 0 Å². The molecule has 2 aromatic rings. The second-order valence-corrected chi connectivity index (χ2v) is 4.85. The first kappa shape index (κ1) is 13.4. The summed E-state index contributed by atoms with van der Waals surface area (Å²) >= 11 is 5.02. The normalized spacial score (nSPS) is 30.1. The minimum atomic E-state index is -1.71. The molecule has 5 N–H and O–H groups in total. The number of hydrogen-bond donors (Lipinski definition) is 4. The van der Waals surface area contributed by atoms with Gasteiger partial charge in [0.1, 0.15) is 23.4 Å². The van der Waals surface area contributed by atoms with Crippen LogP contribution in [0.15, 0.2) is 6.33 Å². The molecule has 3 heterocycles. The van der Waals surface area contributed by atoms with Crippen LogP contribution in [-0.2, 0) is 4.74 Å². The van der Waals surface area contributed by atoms with Gasteiger partial charge >= 0.3 is 0 Å². The van der Waals surface area contributed by atoms with E-state index < -0.39 is 31.2 Å². The Labute approximate surface area is 117 Å². The summed E-state index contributed by atoms with van der Waals surface area (Å²) in [4.78, 5) is 10.6. The van der Waals surface area contributed by atoms with Gasteiger partial charge in [-0.3, -0.25) is 4.57 Å². The number of aromatic amines is 1. The Balaban J connectivity index is 2.09. The lowest BCUT2D eigenvalue weighted by atomic mass is 10.1. The number of alkyl halides is 1. The van der Waals surface area contributed by atoms with E-state index in [1.807, 2.05) is 0 Å². The topological polar surface area (TPSA) is 122 Å². The number of hydrogen-bond acceptors (Lipinski definition) is 7. The molecule has 10 heteroatoms. The number of ether oxygens (including phenoxy) is 1. The van der Waals surface area contributed by atoms with E-state index in [4.69, 9.17) is 27.8 Å². The van der Waals surface area contributed by atoms with Crippen LogP contribution < -0.4 is 5.73 Å². The van der Waals surface area contributed by atoms with Crippen molar-refractivity contribution in [3.8, 4) is 0 Å². The van der Waals surface area contributed by atoms with Gasteiger partial charge in [-0.15, -0.1) is 0 Å². The van der Waals surface area contributed by atoms with Crippen LogP contribution in [0, 0.1) is 4.64 Å². The maximum absolute atomic E-state index is 14.1. The second-order valence-electron chi connectivity index (χ2n) is 4.46. The van der Waals surface area contributed by atoms with Crippen molar-refractivity contribution < 1.29 is 19.3 Å². The van der Waals surface area contributed by atoms with Crippen LogP contribution in [-0.4, -0.2) is 54.7 Å². The van der Waals surface area contributed by atoms with Gasteiger partial charge < -0.3 is 25.7 Å². The zero-order valence-electron chi connectivity index (χ0n) is 10.1. The van der Waals surface area contributed by atoms with Crippen LogP contribution in [0.3, 0.4) is 0 Å². The SMILES string of the molecule is Nc1nc(=S)c2ncn(C3OC(CO)C(O)C3F)c2[nH]1. The number of fused-ring (bicyclic) bond motifs is 1. The summed E-state index contributed by atoms with van der Waals surface area (Å²) < 4.78 is 20.9. The lowest BCUT2D eigenvalue weighted by Gasteiger charge is -2.15. The molecule has 2 aromatic heterocycles. The Morgan fingerprint density at radius 1 is 1.60 bits per heavy atom. The van der Waals surface area contributed by atoms with Crippen LogP contribution in [0.25, 0.3) is 11.2 Å². The number of aromatic nitrogens is 4. The monoisotopic (exact) mass is 301 g/mol. The molecule has 8 nitrogen and oxygen atoms in total. The number of anilines is 1. The third-order valence-corrected chi connectivity index (χ3v) is 3.50. The minimum Gasteiger partial charge on any atom is -0.394 e. The lowest BCUT2D eigenvalue weighted by molar-refractivity contribution is -0.0459. The fourth-order valence-corrected chi connectivity index (χ4v) is 2.47. The van der Waals surface area contributed by atoms with Gasteiger partial charge in [-0.1, -0.05) is 12.2 Å². The number of aliphatic hydroxyl groups excluding tert-OH is 2. The first-order valence-electron chi connectivity index (χ1n) is 5.83. The molecule has 0 spiro atoms. The molecule has 0 aromatic carbocycles. The number of aliphatic hydroxyl groups is 2. The van der Waals surface area contributed by atoms with Crippen LogP contribution >= 0.6 is 12.2 Å². The highest BCUT2D eigenvalue weighted by Gasteiger charge is 2.45. The third-order valence-electron chi connectivity index (χ3n) is 3.21. The molecule has 108 valence electrons. The summed E-state index contributed by atoms with van der Waals surface area (Å²) in [6, 6.07) is 0. The number of halogens is 1. The van der Waals surface area contributed by atoms with Crippen LogP contribution in [0.5, 0.6) is 0 Å². The van der Waals surface area contributed by atoms with Crippen LogP contribution in [0.1, 0.15) is 6.23 Å². The molecule has 0 aliphatic carbocycles. The van der Waals surface area contributed by atoms with Crippen molar-refractivity contribution in [3.63, 3.8) is 0 Å². The molecule has 1 fully saturated rings. The Bertz CT molecular complexity index is 704. The smallest absolute Gasteiger partial charge is 0.200 e. The molecule has 0 saturated carbocycles. The molecule has 20 heavy (non-hydrogen) atoms. The molecule has 4 atom stereocenters. The van der Waals surface area contributed by atoms with E-state index in [1.54, 1.807) is 0 Å². The van der Waals surface area contributed by atoms with Gasteiger partial charge in [0, 0.05) is 0 Å².